The number of benzene rings is 1. The van der Waals surface area contributed by atoms with Crippen LogP contribution in [0.1, 0.15) is 28.8 Å². The summed E-state index contributed by atoms with van der Waals surface area (Å²) in [6.45, 7) is 0.358. The van der Waals surface area contributed by atoms with Crippen LogP contribution in [0.15, 0.2) is 47.4 Å². The van der Waals surface area contributed by atoms with E-state index in [2.05, 4.69) is 0 Å². The van der Waals surface area contributed by atoms with Gasteiger partial charge in [-0.2, -0.15) is 0 Å². The van der Waals surface area contributed by atoms with Crippen LogP contribution >= 0.6 is 0 Å². The Hall–Kier alpha value is -2.43. The molecule has 0 bridgehead atoms. The molecule has 1 aliphatic rings. The highest BCUT2D eigenvalue weighted by molar-refractivity contribution is 5.94. The molecule has 5 heteroatoms. The van der Waals surface area contributed by atoms with E-state index in [0.717, 1.165) is 18.4 Å². The van der Waals surface area contributed by atoms with E-state index < -0.39 is 0 Å². The Labute approximate surface area is 127 Å². The van der Waals surface area contributed by atoms with Crippen molar-refractivity contribution in [3.05, 3.63) is 69.9 Å². The van der Waals surface area contributed by atoms with Crippen LogP contribution in [0.4, 0.5) is 4.39 Å². The van der Waals surface area contributed by atoms with Crippen LogP contribution in [0.5, 0.6) is 0 Å². The first kappa shape index (κ1) is 14.5. The zero-order valence-electron chi connectivity index (χ0n) is 12.3. The van der Waals surface area contributed by atoms with Gasteiger partial charge in [-0.3, -0.25) is 9.59 Å². The maximum atomic E-state index is 13.3. The molecule has 1 fully saturated rings. The van der Waals surface area contributed by atoms with Gasteiger partial charge in [0.25, 0.3) is 11.5 Å². The Morgan fingerprint density at radius 2 is 2.09 bits per heavy atom. The lowest BCUT2D eigenvalue weighted by molar-refractivity contribution is 0.0729. The Morgan fingerprint density at radius 3 is 2.73 bits per heavy atom. The van der Waals surface area contributed by atoms with Crippen molar-refractivity contribution in [2.75, 3.05) is 0 Å². The van der Waals surface area contributed by atoms with Crippen LogP contribution in [0.2, 0.25) is 0 Å². The molecule has 0 N–H and O–H groups in total. The van der Waals surface area contributed by atoms with Crippen molar-refractivity contribution in [3.8, 4) is 0 Å². The highest BCUT2D eigenvalue weighted by Crippen LogP contribution is 2.29. The standard InChI is InChI=1S/C17H17FN2O2/c1-19-8-7-13(10-16(19)21)17(22)20(15-5-6-15)11-12-3-2-4-14(18)9-12/h2-4,7-10,15H,5-6,11H2,1H3. The van der Waals surface area contributed by atoms with Gasteiger partial charge < -0.3 is 9.47 Å². The monoisotopic (exact) mass is 300 g/mol. The lowest BCUT2D eigenvalue weighted by Crippen LogP contribution is -2.33. The number of halogens is 1. The normalized spacial score (nSPS) is 13.9. The van der Waals surface area contributed by atoms with Gasteiger partial charge in [0, 0.05) is 37.5 Å². The lowest BCUT2D eigenvalue weighted by Gasteiger charge is -2.22. The summed E-state index contributed by atoms with van der Waals surface area (Å²) < 4.78 is 14.7. The molecule has 22 heavy (non-hydrogen) atoms. The maximum Gasteiger partial charge on any atom is 0.254 e. The largest absolute Gasteiger partial charge is 0.331 e. The quantitative estimate of drug-likeness (QED) is 0.869. The smallest absolute Gasteiger partial charge is 0.254 e. The summed E-state index contributed by atoms with van der Waals surface area (Å²) in [4.78, 5) is 26.1. The highest BCUT2D eigenvalue weighted by atomic mass is 19.1. The van der Waals surface area contributed by atoms with Gasteiger partial charge in [0.05, 0.1) is 0 Å². The molecule has 1 saturated carbocycles. The number of aryl methyl sites for hydroxylation is 1. The summed E-state index contributed by atoms with van der Waals surface area (Å²) >= 11 is 0. The van der Waals surface area contributed by atoms with Gasteiger partial charge in [0.2, 0.25) is 0 Å². The topological polar surface area (TPSA) is 42.3 Å². The van der Waals surface area contributed by atoms with E-state index in [0.29, 0.717) is 12.1 Å². The second kappa shape index (κ2) is 5.75. The van der Waals surface area contributed by atoms with Gasteiger partial charge in [-0.15, -0.1) is 0 Å². The average Bonchev–Trinajstić information content (AvgIpc) is 3.32. The number of aromatic nitrogens is 1. The van der Waals surface area contributed by atoms with Gasteiger partial charge in [-0.05, 0) is 36.6 Å². The Balaban J connectivity index is 1.86. The molecule has 1 amide bonds. The fourth-order valence-electron chi connectivity index (χ4n) is 2.43. The van der Waals surface area contributed by atoms with Gasteiger partial charge in [-0.1, -0.05) is 12.1 Å². The van der Waals surface area contributed by atoms with E-state index in [-0.39, 0.29) is 23.3 Å². The molecule has 0 saturated heterocycles. The summed E-state index contributed by atoms with van der Waals surface area (Å²) in [5, 5.41) is 0. The van der Waals surface area contributed by atoms with Crippen LogP contribution < -0.4 is 5.56 Å². The van der Waals surface area contributed by atoms with Crippen molar-refractivity contribution in [1.29, 1.82) is 0 Å². The minimum atomic E-state index is -0.311. The second-order valence-electron chi connectivity index (χ2n) is 5.66. The zero-order chi connectivity index (χ0) is 15.7. The van der Waals surface area contributed by atoms with E-state index >= 15 is 0 Å². The average molecular weight is 300 g/mol. The third-order valence-corrected chi connectivity index (χ3v) is 3.84. The molecule has 0 radical (unpaired) electrons. The number of amides is 1. The SMILES string of the molecule is Cn1ccc(C(=O)N(Cc2cccc(F)c2)C2CC2)cc1=O. The van der Waals surface area contributed by atoms with E-state index in [4.69, 9.17) is 0 Å². The van der Waals surface area contributed by atoms with Crippen molar-refractivity contribution in [3.63, 3.8) is 0 Å². The van der Waals surface area contributed by atoms with Crippen LogP contribution in [0.3, 0.4) is 0 Å². The van der Waals surface area contributed by atoms with Gasteiger partial charge in [0.1, 0.15) is 5.82 Å². The van der Waals surface area contributed by atoms with Crippen molar-refractivity contribution in [2.24, 2.45) is 7.05 Å². The molecule has 0 spiro atoms. The predicted molar refractivity (Wildman–Crippen MR) is 81.0 cm³/mol. The van der Waals surface area contributed by atoms with Crippen molar-refractivity contribution in [1.82, 2.24) is 9.47 Å². The molecule has 4 nitrogen and oxygen atoms in total. The molecular formula is C17H17FN2O2. The van der Waals surface area contributed by atoms with Crippen molar-refractivity contribution < 1.29 is 9.18 Å². The van der Waals surface area contributed by atoms with E-state index in [1.165, 1.54) is 22.8 Å². The fraction of sp³-hybridized carbons (Fsp3) is 0.294. The van der Waals surface area contributed by atoms with E-state index in [9.17, 15) is 14.0 Å². The molecule has 114 valence electrons. The molecule has 1 aliphatic carbocycles. The summed E-state index contributed by atoms with van der Waals surface area (Å²) in [5.41, 5.74) is 0.919. The lowest BCUT2D eigenvalue weighted by atomic mass is 10.1. The molecule has 1 aromatic carbocycles. The summed E-state index contributed by atoms with van der Waals surface area (Å²) in [6.07, 6.45) is 3.49. The maximum absolute atomic E-state index is 13.3. The number of hydrogen-bond donors (Lipinski definition) is 0. The third kappa shape index (κ3) is 3.08. The van der Waals surface area contributed by atoms with Gasteiger partial charge >= 0.3 is 0 Å². The second-order valence-corrected chi connectivity index (χ2v) is 5.66. The number of carbonyl (C=O) groups excluding carboxylic acids is 1. The number of nitrogens with zero attached hydrogens (tertiary/aromatic N) is 2. The summed E-state index contributed by atoms with van der Waals surface area (Å²) in [7, 11) is 1.64. The van der Waals surface area contributed by atoms with Crippen LogP contribution in [-0.2, 0) is 13.6 Å². The molecule has 0 aliphatic heterocycles. The van der Waals surface area contributed by atoms with E-state index in [1.807, 2.05) is 0 Å². The molecule has 0 atom stereocenters. The Morgan fingerprint density at radius 1 is 1.32 bits per heavy atom. The molecule has 1 aromatic heterocycles. The number of pyridine rings is 1. The van der Waals surface area contributed by atoms with Gasteiger partial charge in [0.15, 0.2) is 0 Å². The summed E-state index contributed by atoms with van der Waals surface area (Å²) in [6, 6.07) is 9.43. The predicted octanol–water partition coefficient (Wildman–Crippen LogP) is 2.33. The third-order valence-electron chi connectivity index (χ3n) is 3.84. The van der Waals surface area contributed by atoms with Gasteiger partial charge in [-0.25, -0.2) is 4.39 Å². The minimum Gasteiger partial charge on any atom is -0.331 e. The molecule has 0 unspecified atom stereocenters. The molecule has 2 aromatic rings. The fourth-order valence-corrected chi connectivity index (χ4v) is 2.43. The highest BCUT2D eigenvalue weighted by Gasteiger charge is 2.33. The zero-order valence-corrected chi connectivity index (χ0v) is 12.3. The van der Waals surface area contributed by atoms with Crippen LogP contribution in [-0.4, -0.2) is 21.4 Å². The van der Waals surface area contributed by atoms with E-state index in [1.54, 1.807) is 36.3 Å². The van der Waals surface area contributed by atoms with Crippen LogP contribution in [0.25, 0.3) is 0 Å². The van der Waals surface area contributed by atoms with Crippen LogP contribution in [0, 0.1) is 5.82 Å². The Kier molecular flexibility index (Phi) is 3.79. The van der Waals surface area contributed by atoms with Crippen molar-refractivity contribution in [2.45, 2.75) is 25.4 Å². The molecular weight excluding hydrogens is 283 g/mol. The number of rotatable bonds is 4. The number of hydrogen-bond acceptors (Lipinski definition) is 2. The summed E-state index contributed by atoms with van der Waals surface area (Å²) in [5.74, 6) is -0.487. The Bertz CT molecular complexity index is 765. The first-order chi connectivity index (χ1) is 10.5. The first-order valence-electron chi connectivity index (χ1n) is 7.27. The first-order valence-corrected chi connectivity index (χ1v) is 7.27. The number of carbonyl (C=O) groups is 1. The molecule has 3 rings (SSSR count). The van der Waals surface area contributed by atoms with Crippen molar-refractivity contribution >= 4 is 5.91 Å². The molecule has 1 heterocycles. The minimum absolute atomic E-state index is 0.176.